The fourth-order valence-corrected chi connectivity index (χ4v) is 6.50. The van der Waals surface area contributed by atoms with Crippen LogP contribution in [-0.2, 0) is 25.5 Å². The molecule has 0 spiro atoms. The Morgan fingerprint density at radius 3 is 2.23 bits per heavy atom. The standard InChI is InChI=1S/C34H34N3O.C12H9FN.Ir/c1-20(2)23-13-10-14-24(21(3)4)30(23)37-32(36-28-18-22(34(5,6)7)19-35-33(28)37)27-16-11-15-26-25-12-8-9-17-29(25)38-31(26)27;1-9-2-7-12(14-8-9)10-3-5-11(13)6-4-10;/h8-15,17-21H,1-7H3;2-3,5-8H,1H3;/q2*-1;/i;1D3;. The first-order chi connectivity index (χ1) is 26.1. The van der Waals surface area contributed by atoms with Crippen LogP contribution in [0.5, 0.6) is 0 Å². The number of halogens is 1. The molecule has 0 saturated carbocycles. The van der Waals surface area contributed by atoms with E-state index in [2.05, 4.69) is 113 Å². The molecule has 53 heavy (non-hydrogen) atoms. The molecule has 271 valence electrons. The Hall–Kier alpha value is -4.97. The molecule has 0 N–H and O–H groups in total. The molecule has 0 aliphatic rings. The number of nitrogens with zero attached hydrogens (tertiary/aromatic N) is 4. The third kappa shape index (κ3) is 7.46. The zero-order valence-electron chi connectivity index (χ0n) is 33.9. The number of fused-ring (bicyclic) bond motifs is 4. The number of imidazole rings is 1. The number of hydrogen-bond acceptors (Lipinski definition) is 4. The number of furan rings is 1. The molecule has 8 aromatic rings. The van der Waals surface area contributed by atoms with Crippen molar-refractivity contribution in [3.63, 3.8) is 0 Å². The number of pyridine rings is 2. The first kappa shape index (κ1) is 33.8. The number of rotatable bonds is 5. The second kappa shape index (κ2) is 15.2. The van der Waals surface area contributed by atoms with Crippen molar-refractivity contribution in [2.24, 2.45) is 0 Å². The van der Waals surface area contributed by atoms with E-state index in [1.54, 1.807) is 12.1 Å². The van der Waals surface area contributed by atoms with E-state index in [1.807, 2.05) is 24.4 Å². The van der Waals surface area contributed by atoms with Crippen LogP contribution in [0.2, 0.25) is 0 Å². The smallest absolute Gasteiger partial charge is 0.155 e. The Bertz CT molecular complexity index is 2610. The molecular formula is C46H43FIrN4O-2. The molecule has 0 aliphatic carbocycles. The van der Waals surface area contributed by atoms with Crippen LogP contribution in [0.4, 0.5) is 4.39 Å². The van der Waals surface area contributed by atoms with Gasteiger partial charge in [0.25, 0.3) is 0 Å². The van der Waals surface area contributed by atoms with Crippen LogP contribution in [0.25, 0.3) is 61.4 Å². The summed E-state index contributed by atoms with van der Waals surface area (Å²) in [4.78, 5) is 14.3. The van der Waals surface area contributed by atoms with Crippen LogP contribution in [-0.4, -0.2) is 19.5 Å². The molecule has 0 atom stereocenters. The summed E-state index contributed by atoms with van der Waals surface area (Å²) in [7, 11) is 0. The van der Waals surface area contributed by atoms with Crippen LogP contribution in [0.1, 0.15) is 86.7 Å². The molecule has 0 amide bonds. The van der Waals surface area contributed by atoms with E-state index in [-0.39, 0.29) is 36.9 Å². The van der Waals surface area contributed by atoms with Crippen LogP contribution < -0.4 is 0 Å². The maximum absolute atomic E-state index is 12.7. The van der Waals surface area contributed by atoms with Gasteiger partial charge in [0.2, 0.25) is 0 Å². The Kier molecular flexibility index (Phi) is 9.69. The molecule has 4 heterocycles. The van der Waals surface area contributed by atoms with Gasteiger partial charge in [-0.1, -0.05) is 108 Å². The normalized spacial score (nSPS) is 12.8. The van der Waals surface area contributed by atoms with E-state index >= 15 is 0 Å². The van der Waals surface area contributed by atoms with E-state index in [0.29, 0.717) is 23.1 Å². The fourth-order valence-electron chi connectivity index (χ4n) is 6.50. The van der Waals surface area contributed by atoms with Crippen LogP contribution in [0.3, 0.4) is 0 Å². The zero-order chi connectivity index (χ0) is 39.2. The molecule has 5 nitrogen and oxygen atoms in total. The summed E-state index contributed by atoms with van der Waals surface area (Å²) in [6.45, 7) is 13.5. The third-order valence-electron chi connectivity index (χ3n) is 9.31. The van der Waals surface area contributed by atoms with Gasteiger partial charge in [-0.05, 0) is 64.2 Å². The zero-order valence-corrected chi connectivity index (χ0v) is 33.3. The summed E-state index contributed by atoms with van der Waals surface area (Å²) in [5.74, 6) is 1.09. The first-order valence-corrected chi connectivity index (χ1v) is 17.6. The summed E-state index contributed by atoms with van der Waals surface area (Å²) in [5, 5.41) is 2.16. The van der Waals surface area contributed by atoms with Crippen LogP contribution in [0.15, 0.2) is 108 Å². The van der Waals surface area contributed by atoms with Gasteiger partial charge >= 0.3 is 0 Å². The molecule has 8 rings (SSSR count). The SMILES string of the molecule is CC(C)c1cccc(C(C)C)c1-n1c(-c2[c-]ccc3c2oc2ccccc23)nc2cc(C(C)(C)C)cnc21.[2H]C([2H])([2H])c1ccc(-c2[c-]cc(F)cc2)nc1.[Ir]. The van der Waals surface area contributed by atoms with Gasteiger partial charge in [0.05, 0.1) is 16.9 Å². The summed E-state index contributed by atoms with van der Waals surface area (Å²) in [5.41, 5.74) is 10.5. The average molecular weight is 882 g/mol. The summed E-state index contributed by atoms with van der Waals surface area (Å²) in [6.07, 6.45) is 3.31. The first-order valence-electron chi connectivity index (χ1n) is 19.1. The van der Waals surface area contributed by atoms with Crippen LogP contribution in [0, 0.1) is 24.8 Å². The summed E-state index contributed by atoms with van der Waals surface area (Å²) >= 11 is 0. The topological polar surface area (TPSA) is 56.7 Å². The molecule has 0 fully saturated rings. The Labute approximate surface area is 328 Å². The van der Waals surface area contributed by atoms with Gasteiger partial charge in [-0.25, -0.2) is 4.98 Å². The van der Waals surface area contributed by atoms with E-state index in [1.165, 1.54) is 35.5 Å². The second-order valence-corrected chi connectivity index (χ2v) is 14.7. The largest absolute Gasteiger partial charge is 0.501 e. The molecule has 4 aromatic carbocycles. The van der Waals surface area contributed by atoms with Crippen molar-refractivity contribution < 1.29 is 33.0 Å². The maximum atomic E-state index is 12.7. The summed E-state index contributed by atoms with van der Waals surface area (Å²) < 4.78 is 43.0. The third-order valence-corrected chi connectivity index (χ3v) is 9.31. The van der Waals surface area contributed by atoms with Crippen molar-refractivity contribution in [2.45, 2.75) is 72.6 Å². The molecule has 0 aliphatic heterocycles. The van der Waals surface area contributed by atoms with Crippen molar-refractivity contribution >= 4 is 33.1 Å². The minimum atomic E-state index is -2.15. The van der Waals surface area contributed by atoms with E-state index in [0.717, 1.165) is 55.7 Å². The van der Waals surface area contributed by atoms with Gasteiger partial charge in [0, 0.05) is 53.5 Å². The van der Waals surface area contributed by atoms with Crippen molar-refractivity contribution in [3.05, 3.63) is 144 Å². The molecule has 1 radical (unpaired) electrons. The number of aryl methyl sites for hydroxylation is 1. The molecule has 0 bridgehead atoms. The minimum absolute atomic E-state index is 0. The monoisotopic (exact) mass is 882 g/mol. The molecule has 7 heteroatoms. The number of benzene rings is 4. The van der Waals surface area contributed by atoms with Crippen molar-refractivity contribution in [1.82, 2.24) is 19.5 Å². The molecule has 0 saturated heterocycles. The number of aromatic nitrogens is 4. The van der Waals surface area contributed by atoms with Gasteiger partial charge in [-0.3, -0.25) is 9.37 Å². The van der Waals surface area contributed by atoms with Gasteiger partial charge in [-0.15, -0.1) is 48.0 Å². The van der Waals surface area contributed by atoms with Gasteiger partial charge < -0.3 is 14.0 Å². The molecule has 4 aromatic heterocycles. The number of hydrogen-bond donors (Lipinski definition) is 0. The molecular weight excluding hydrogens is 836 g/mol. The van der Waals surface area contributed by atoms with Crippen molar-refractivity contribution in [3.8, 4) is 28.3 Å². The van der Waals surface area contributed by atoms with Gasteiger partial charge in [0.1, 0.15) is 5.58 Å². The molecule has 0 unspecified atom stereocenters. The quantitative estimate of drug-likeness (QED) is 0.162. The maximum Gasteiger partial charge on any atom is 0.155 e. The van der Waals surface area contributed by atoms with Gasteiger partial charge in [-0.2, -0.15) is 0 Å². The van der Waals surface area contributed by atoms with Gasteiger partial charge in [0.15, 0.2) is 5.65 Å². The second-order valence-electron chi connectivity index (χ2n) is 14.7. The van der Waals surface area contributed by atoms with Crippen molar-refractivity contribution in [1.29, 1.82) is 0 Å². The van der Waals surface area contributed by atoms with Crippen molar-refractivity contribution in [2.75, 3.05) is 0 Å². The summed E-state index contributed by atoms with van der Waals surface area (Å²) in [6, 6.07) is 34.5. The predicted octanol–water partition coefficient (Wildman–Crippen LogP) is 12.3. The Morgan fingerprint density at radius 1 is 0.830 bits per heavy atom. The fraction of sp³-hybridized carbons (Fsp3) is 0.239. The Balaban J connectivity index is 0.000000248. The number of para-hydroxylation sites is 2. The Morgan fingerprint density at radius 2 is 1.58 bits per heavy atom. The minimum Gasteiger partial charge on any atom is -0.501 e. The van der Waals surface area contributed by atoms with Crippen LogP contribution >= 0.6 is 0 Å². The van der Waals surface area contributed by atoms with E-state index < -0.39 is 6.85 Å². The predicted molar refractivity (Wildman–Crippen MR) is 210 cm³/mol. The average Bonchev–Trinajstić information content (AvgIpc) is 3.73. The van der Waals surface area contributed by atoms with E-state index in [9.17, 15) is 4.39 Å². The van der Waals surface area contributed by atoms with E-state index in [4.69, 9.17) is 18.5 Å².